The molecule has 2 rings (SSSR count). The number of carbonyl (C=O) groups is 2. The van der Waals surface area contributed by atoms with E-state index in [1.54, 1.807) is 19.1 Å². The second-order valence-electron chi connectivity index (χ2n) is 5.51. The van der Waals surface area contributed by atoms with E-state index in [0.717, 1.165) is 5.56 Å². The molecule has 0 aliphatic rings. The number of nitrogens with one attached hydrogen (secondary N) is 1. The van der Waals surface area contributed by atoms with Gasteiger partial charge in [0.05, 0.1) is 10.0 Å². The molecule has 1 N–H and O–H groups in total. The van der Waals surface area contributed by atoms with Crippen molar-refractivity contribution in [2.24, 2.45) is 5.92 Å². The number of hydrogen-bond donors (Lipinski definition) is 1. The fraction of sp³-hybridized carbons (Fsp3) is 0.222. The number of amides is 1. The van der Waals surface area contributed by atoms with Crippen LogP contribution in [0.25, 0.3) is 0 Å². The summed E-state index contributed by atoms with van der Waals surface area (Å²) in [6.45, 7) is 1.77. The number of halogens is 2. The quantitative estimate of drug-likeness (QED) is 0.852. The van der Waals surface area contributed by atoms with Gasteiger partial charge in [0, 0.05) is 24.0 Å². The normalized spacial score (nSPS) is 13.1. The number of carbonyl (C=O) groups excluding carboxylic acids is 2. The molecule has 0 bridgehead atoms. The molecule has 1 amide bonds. The number of rotatable bonds is 6. The fourth-order valence-electron chi connectivity index (χ4n) is 2.44. The van der Waals surface area contributed by atoms with Gasteiger partial charge in [-0.1, -0.05) is 60.5 Å². The molecule has 2 aromatic carbocycles. The van der Waals surface area contributed by atoms with E-state index in [-0.39, 0.29) is 12.3 Å². The van der Waals surface area contributed by atoms with E-state index in [1.807, 2.05) is 30.3 Å². The lowest BCUT2D eigenvalue weighted by molar-refractivity contribution is -0.312. The van der Waals surface area contributed by atoms with Gasteiger partial charge in [0.15, 0.2) is 0 Å². The lowest BCUT2D eigenvalue weighted by Crippen LogP contribution is -2.36. The summed E-state index contributed by atoms with van der Waals surface area (Å²) in [5.41, 5.74) is 1.30. The van der Waals surface area contributed by atoms with Crippen LogP contribution in [0.15, 0.2) is 48.5 Å². The summed E-state index contributed by atoms with van der Waals surface area (Å²) in [5, 5.41) is 14.8. The molecule has 2 aromatic rings. The average molecular weight is 365 g/mol. The number of aliphatic carboxylic acids is 1. The Morgan fingerprint density at radius 3 is 2.33 bits per heavy atom. The van der Waals surface area contributed by atoms with Gasteiger partial charge in [-0.3, -0.25) is 4.79 Å². The van der Waals surface area contributed by atoms with Crippen molar-refractivity contribution >= 4 is 40.8 Å². The Balaban J connectivity index is 2.08. The second kappa shape index (κ2) is 8.18. The van der Waals surface area contributed by atoms with Crippen LogP contribution in [0, 0.1) is 5.92 Å². The van der Waals surface area contributed by atoms with E-state index in [1.165, 1.54) is 6.07 Å². The van der Waals surface area contributed by atoms with E-state index >= 15 is 0 Å². The van der Waals surface area contributed by atoms with Gasteiger partial charge >= 0.3 is 0 Å². The van der Waals surface area contributed by atoms with Gasteiger partial charge in [-0.15, -0.1) is 0 Å². The molecule has 0 spiro atoms. The van der Waals surface area contributed by atoms with Crippen LogP contribution in [0.3, 0.4) is 0 Å². The summed E-state index contributed by atoms with van der Waals surface area (Å²) < 4.78 is 0. The molecule has 0 aliphatic carbocycles. The van der Waals surface area contributed by atoms with Crippen molar-refractivity contribution in [3.63, 3.8) is 0 Å². The Bertz CT molecular complexity index is 734. The Morgan fingerprint density at radius 2 is 1.75 bits per heavy atom. The molecule has 0 saturated heterocycles. The standard InChI is InChI=1S/C18H17Cl2NO3/c1-11(12-5-3-2-4-6-12)14(18(23)24)10-17(22)21-13-7-8-15(19)16(20)9-13/h2-9,11,14H,10H2,1H3,(H,21,22)(H,23,24)/p-1/t11-,14-/m0/s1. The summed E-state index contributed by atoms with van der Waals surface area (Å²) >= 11 is 11.7. The minimum Gasteiger partial charge on any atom is -0.550 e. The maximum Gasteiger partial charge on any atom is 0.225 e. The Kier molecular flexibility index (Phi) is 6.23. The van der Waals surface area contributed by atoms with E-state index in [9.17, 15) is 14.7 Å². The first-order valence-corrected chi connectivity index (χ1v) is 8.14. The largest absolute Gasteiger partial charge is 0.550 e. The molecule has 0 saturated carbocycles. The lowest BCUT2D eigenvalue weighted by Gasteiger charge is -2.25. The van der Waals surface area contributed by atoms with Crippen LogP contribution in [0.2, 0.25) is 10.0 Å². The first kappa shape index (κ1) is 18.3. The Hall–Kier alpha value is -2.04. The van der Waals surface area contributed by atoms with Crippen LogP contribution in [-0.4, -0.2) is 11.9 Å². The summed E-state index contributed by atoms with van der Waals surface area (Å²) in [6.07, 6.45) is -0.196. The van der Waals surface area contributed by atoms with Gasteiger partial charge in [-0.25, -0.2) is 0 Å². The number of benzene rings is 2. The third kappa shape index (κ3) is 4.73. The van der Waals surface area contributed by atoms with Gasteiger partial charge in [0.25, 0.3) is 0 Å². The predicted octanol–water partition coefficient (Wildman–Crippen LogP) is 3.49. The van der Waals surface area contributed by atoms with Gasteiger partial charge in [-0.2, -0.15) is 0 Å². The maximum atomic E-state index is 12.2. The summed E-state index contributed by atoms with van der Waals surface area (Å²) in [5.74, 6) is -2.97. The highest BCUT2D eigenvalue weighted by Gasteiger charge is 2.23. The van der Waals surface area contributed by atoms with E-state index in [4.69, 9.17) is 23.2 Å². The van der Waals surface area contributed by atoms with Crippen molar-refractivity contribution in [3.8, 4) is 0 Å². The summed E-state index contributed by atoms with van der Waals surface area (Å²) in [7, 11) is 0. The van der Waals surface area contributed by atoms with Crippen molar-refractivity contribution < 1.29 is 14.7 Å². The Labute approximate surface area is 150 Å². The molecule has 0 radical (unpaired) electrons. The molecule has 0 unspecified atom stereocenters. The molecule has 2 atom stereocenters. The zero-order valence-corrected chi connectivity index (χ0v) is 14.5. The molecule has 0 fully saturated rings. The fourth-order valence-corrected chi connectivity index (χ4v) is 2.74. The molecule has 6 heteroatoms. The van der Waals surface area contributed by atoms with Crippen LogP contribution in [0.4, 0.5) is 5.69 Å². The highest BCUT2D eigenvalue weighted by Crippen LogP contribution is 2.28. The summed E-state index contributed by atoms with van der Waals surface area (Å²) in [4.78, 5) is 23.7. The predicted molar refractivity (Wildman–Crippen MR) is 93.1 cm³/mol. The molecule has 4 nitrogen and oxygen atoms in total. The maximum absolute atomic E-state index is 12.2. The molecule has 0 aromatic heterocycles. The second-order valence-corrected chi connectivity index (χ2v) is 6.32. The number of hydrogen-bond acceptors (Lipinski definition) is 3. The number of carboxylic acids is 1. The van der Waals surface area contributed by atoms with Crippen LogP contribution in [-0.2, 0) is 9.59 Å². The van der Waals surface area contributed by atoms with Crippen LogP contribution in [0.1, 0.15) is 24.8 Å². The first-order chi connectivity index (χ1) is 11.4. The molecule has 0 heterocycles. The van der Waals surface area contributed by atoms with Gasteiger partial charge in [0.2, 0.25) is 5.91 Å². The van der Waals surface area contributed by atoms with E-state index in [2.05, 4.69) is 5.32 Å². The zero-order valence-electron chi connectivity index (χ0n) is 13.0. The first-order valence-electron chi connectivity index (χ1n) is 7.39. The molecule has 126 valence electrons. The van der Waals surface area contributed by atoms with Crippen LogP contribution in [0.5, 0.6) is 0 Å². The van der Waals surface area contributed by atoms with Gasteiger partial charge < -0.3 is 15.2 Å². The SMILES string of the molecule is C[C@@H](c1ccccc1)[C@H](CC(=O)Nc1ccc(Cl)c(Cl)c1)C(=O)[O-]. The van der Waals surface area contributed by atoms with E-state index < -0.39 is 17.8 Å². The zero-order chi connectivity index (χ0) is 17.7. The number of carboxylic acid groups (broad SMARTS) is 1. The molecule has 24 heavy (non-hydrogen) atoms. The molecule has 0 aliphatic heterocycles. The van der Waals surface area contributed by atoms with Crippen molar-refractivity contribution in [1.82, 2.24) is 0 Å². The third-order valence-corrected chi connectivity index (χ3v) is 4.58. The van der Waals surface area contributed by atoms with Crippen molar-refractivity contribution in [3.05, 3.63) is 64.1 Å². The third-order valence-electron chi connectivity index (χ3n) is 3.84. The van der Waals surface area contributed by atoms with Crippen molar-refractivity contribution in [2.45, 2.75) is 19.3 Å². The number of anilines is 1. The highest BCUT2D eigenvalue weighted by molar-refractivity contribution is 6.42. The summed E-state index contributed by atoms with van der Waals surface area (Å²) in [6, 6.07) is 13.8. The van der Waals surface area contributed by atoms with Gasteiger partial charge in [0.1, 0.15) is 0 Å². The van der Waals surface area contributed by atoms with Crippen LogP contribution >= 0.6 is 23.2 Å². The van der Waals surface area contributed by atoms with E-state index in [0.29, 0.717) is 15.7 Å². The monoisotopic (exact) mass is 364 g/mol. The smallest absolute Gasteiger partial charge is 0.225 e. The Morgan fingerprint density at radius 1 is 1.08 bits per heavy atom. The average Bonchev–Trinajstić information content (AvgIpc) is 2.56. The topological polar surface area (TPSA) is 69.2 Å². The van der Waals surface area contributed by atoms with Crippen LogP contribution < -0.4 is 10.4 Å². The lowest BCUT2D eigenvalue weighted by atomic mass is 9.85. The minimum absolute atomic E-state index is 0.196. The molecular weight excluding hydrogens is 349 g/mol. The van der Waals surface area contributed by atoms with Crippen molar-refractivity contribution in [2.75, 3.05) is 5.32 Å². The molecular formula is C18H16Cl2NO3-. The highest BCUT2D eigenvalue weighted by atomic mass is 35.5. The van der Waals surface area contributed by atoms with Crippen molar-refractivity contribution in [1.29, 1.82) is 0 Å². The minimum atomic E-state index is -1.25. The van der Waals surface area contributed by atoms with Gasteiger partial charge in [-0.05, 0) is 29.7 Å².